The van der Waals surface area contributed by atoms with Crippen LogP contribution in [-0.4, -0.2) is 4.98 Å². The monoisotopic (exact) mass is 290 g/mol. The molecule has 2 aromatic carbocycles. The molecule has 0 aliphatic heterocycles. The van der Waals surface area contributed by atoms with E-state index in [0.29, 0.717) is 6.04 Å². The van der Waals surface area contributed by atoms with Crippen molar-refractivity contribution in [2.24, 2.45) is 0 Å². The van der Waals surface area contributed by atoms with Crippen molar-refractivity contribution in [3.63, 3.8) is 0 Å². The van der Waals surface area contributed by atoms with Crippen LogP contribution < -0.4 is 5.32 Å². The van der Waals surface area contributed by atoms with Crippen LogP contribution >= 0.6 is 0 Å². The van der Waals surface area contributed by atoms with Crippen LogP contribution in [0.2, 0.25) is 0 Å². The van der Waals surface area contributed by atoms with Gasteiger partial charge >= 0.3 is 0 Å². The molecule has 0 bridgehead atoms. The molecule has 1 unspecified atom stereocenters. The number of hydrogen-bond donors (Lipinski definition) is 1. The number of para-hydroxylation sites is 1. The van der Waals surface area contributed by atoms with Gasteiger partial charge in [0.15, 0.2) is 0 Å². The van der Waals surface area contributed by atoms with E-state index in [1.54, 1.807) is 0 Å². The van der Waals surface area contributed by atoms with Crippen molar-refractivity contribution in [2.75, 3.05) is 0 Å². The summed E-state index contributed by atoms with van der Waals surface area (Å²) < 4.78 is 0. The van der Waals surface area contributed by atoms with E-state index in [-0.39, 0.29) is 0 Å². The summed E-state index contributed by atoms with van der Waals surface area (Å²) in [6, 6.07) is 19.6. The molecule has 3 rings (SSSR count). The second-order valence-corrected chi connectivity index (χ2v) is 5.69. The summed E-state index contributed by atoms with van der Waals surface area (Å²) in [4.78, 5) is 4.51. The highest BCUT2D eigenvalue weighted by molar-refractivity contribution is 5.81. The van der Waals surface area contributed by atoms with Crippen LogP contribution in [0.25, 0.3) is 10.9 Å². The van der Waals surface area contributed by atoms with Crippen molar-refractivity contribution in [2.45, 2.75) is 32.9 Å². The lowest BCUT2D eigenvalue weighted by atomic mass is 10.0. The molecule has 112 valence electrons. The molecule has 0 aliphatic carbocycles. The lowest BCUT2D eigenvalue weighted by Gasteiger charge is -2.15. The first-order valence-electron chi connectivity index (χ1n) is 7.92. The minimum absolute atomic E-state index is 0.324. The Kier molecular flexibility index (Phi) is 4.50. The van der Waals surface area contributed by atoms with Gasteiger partial charge in [-0.25, -0.2) is 0 Å². The summed E-state index contributed by atoms with van der Waals surface area (Å²) in [6.07, 6.45) is 2.95. The Morgan fingerprint density at radius 2 is 1.77 bits per heavy atom. The van der Waals surface area contributed by atoms with Crippen molar-refractivity contribution in [3.8, 4) is 0 Å². The second kappa shape index (κ2) is 6.71. The van der Waals surface area contributed by atoms with E-state index in [4.69, 9.17) is 0 Å². The zero-order valence-corrected chi connectivity index (χ0v) is 13.2. The molecule has 0 aliphatic rings. The van der Waals surface area contributed by atoms with Gasteiger partial charge in [-0.05, 0) is 36.1 Å². The first kappa shape index (κ1) is 14.7. The van der Waals surface area contributed by atoms with Crippen LogP contribution in [0.3, 0.4) is 0 Å². The van der Waals surface area contributed by atoms with Gasteiger partial charge in [0, 0.05) is 24.2 Å². The van der Waals surface area contributed by atoms with Crippen molar-refractivity contribution < 1.29 is 0 Å². The minimum atomic E-state index is 0.324. The summed E-state index contributed by atoms with van der Waals surface area (Å²) in [7, 11) is 0. The number of nitrogens with zero attached hydrogens (tertiary/aromatic N) is 1. The quantitative estimate of drug-likeness (QED) is 0.740. The maximum Gasteiger partial charge on any atom is 0.0746 e. The molecule has 0 fully saturated rings. The van der Waals surface area contributed by atoms with Gasteiger partial charge in [-0.1, -0.05) is 55.5 Å². The molecule has 0 amide bonds. The maximum atomic E-state index is 4.51. The van der Waals surface area contributed by atoms with Crippen LogP contribution in [0.1, 0.15) is 36.6 Å². The van der Waals surface area contributed by atoms with E-state index >= 15 is 0 Å². The van der Waals surface area contributed by atoms with Crippen LogP contribution in [0.5, 0.6) is 0 Å². The van der Waals surface area contributed by atoms with E-state index in [1.165, 1.54) is 22.1 Å². The van der Waals surface area contributed by atoms with Gasteiger partial charge in [-0.2, -0.15) is 0 Å². The Morgan fingerprint density at radius 1 is 1.00 bits per heavy atom. The van der Waals surface area contributed by atoms with Gasteiger partial charge < -0.3 is 5.32 Å². The number of aromatic nitrogens is 1. The highest BCUT2D eigenvalue weighted by Crippen LogP contribution is 2.18. The fourth-order valence-corrected chi connectivity index (χ4v) is 2.73. The van der Waals surface area contributed by atoms with Crippen molar-refractivity contribution in [1.29, 1.82) is 0 Å². The number of nitrogens with one attached hydrogen (secondary N) is 1. The summed E-state index contributed by atoms with van der Waals surface area (Å²) in [5.74, 6) is 0. The minimum Gasteiger partial charge on any atom is -0.306 e. The van der Waals surface area contributed by atoms with Crippen LogP contribution in [0, 0.1) is 0 Å². The van der Waals surface area contributed by atoms with Crippen molar-refractivity contribution >= 4 is 10.9 Å². The van der Waals surface area contributed by atoms with E-state index in [2.05, 4.69) is 72.7 Å². The molecule has 0 spiro atoms. The smallest absolute Gasteiger partial charge is 0.0746 e. The van der Waals surface area contributed by atoms with Gasteiger partial charge in [-0.15, -0.1) is 0 Å². The molecule has 2 heteroatoms. The van der Waals surface area contributed by atoms with Gasteiger partial charge in [0.05, 0.1) is 5.52 Å². The number of benzene rings is 2. The predicted octanol–water partition coefficient (Wildman–Crippen LogP) is 4.65. The number of hydrogen-bond acceptors (Lipinski definition) is 2. The molecule has 22 heavy (non-hydrogen) atoms. The average molecular weight is 290 g/mol. The number of aryl methyl sites for hydroxylation is 1. The molecule has 0 saturated heterocycles. The molecule has 0 saturated carbocycles. The third kappa shape index (κ3) is 3.18. The van der Waals surface area contributed by atoms with E-state index in [9.17, 15) is 0 Å². The Hall–Kier alpha value is -2.19. The van der Waals surface area contributed by atoms with Gasteiger partial charge in [0.1, 0.15) is 0 Å². The van der Waals surface area contributed by atoms with Gasteiger partial charge in [0.25, 0.3) is 0 Å². The molecule has 1 atom stereocenters. The van der Waals surface area contributed by atoms with Gasteiger partial charge in [0.2, 0.25) is 0 Å². The van der Waals surface area contributed by atoms with Crippen LogP contribution in [-0.2, 0) is 13.0 Å². The standard InChI is InChI=1S/C20H22N2/c1-3-16-9-11-17(12-10-16)15(2)22-14-19-7-4-6-18-8-5-13-21-20(18)19/h4-13,15,22H,3,14H2,1-2H3. The van der Waals surface area contributed by atoms with Crippen molar-refractivity contribution in [3.05, 3.63) is 77.5 Å². The number of fused-ring (bicyclic) bond motifs is 1. The largest absolute Gasteiger partial charge is 0.306 e. The Balaban J connectivity index is 1.73. The fourth-order valence-electron chi connectivity index (χ4n) is 2.73. The highest BCUT2D eigenvalue weighted by atomic mass is 14.9. The Morgan fingerprint density at radius 3 is 2.55 bits per heavy atom. The second-order valence-electron chi connectivity index (χ2n) is 5.69. The molecule has 1 aromatic heterocycles. The lowest BCUT2D eigenvalue weighted by molar-refractivity contribution is 0.576. The SMILES string of the molecule is CCc1ccc(C(C)NCc2cccc3cccnc23)cc1. The van der Waals surface area contributed by atoms with E-state index in [0.717, 1.165) is 18.5 Å². The highest BCUT2D eigenvalue weighted by Gasteiger charge is 2.07. The normalized spacial score (nSPS) is 12.5. The van der Waals surface area contributed by atoms with E-state index < -0.39 is 0 Å². The van der Waals surface area contributed by atoms with Gasteiger partial charge in [-0.3, -0.25) is 4.98 Å². The molecule has 3 aromatic rings. The first-order valence-corrected chi connectivity index (χ1v) is 7.92. The third-order valence-electron chi connectivity index (χ3n) is 4.20. The van der Waals surface area contributed by atoms with E-state index in [1.807, 2.05) is 12.3 Å². The summed E-state index contributed by atoms with van der Waals surface area (Å²) >= 11 is 0. The average Bonchev–Trinajstić information content (AvgIpc) is 2.59. The number of pyridine rings is 1. The maximum absolute atomic E-state index is 4.51. The Labute approximate surface area is 132 Å². The van der Waals surface area contributed by atoms with Crippen molar-refractivity contribution in [1.82, 2.24) is 10.3 Å². The molecule has 1 heterocycles. The summed E-state index contributed by atoms with van der Waals surface area (Å²) in [5.41, 5.74) is 5.04. The fraction of sp³-hybridized carbons (Fsp3) is 0.250. The zero-order valence-electron chi connectivity index (χ0n) is 13.2. The summed E-state index contributed by atoms with van der Waals surface area (Å²) in [6.45, 7) is 5.22. The predicted molar refractivity (Wildman–Crippen MR) is 92.8 cm³/mol. The number of rotatable bonds is 5. The molecule has 1 N–H and O–H groups in total. The first-order chi connectivity index (χ1) is 10.8. The molecule has 2 nitrogen and oxygen atoms in total. The van der Waals surface area contributed by atoms with Crippen LogP contribution in [0.4, 0.5) is 0 Å². The molecule has 0 radical (unpaired) electrons. The molecular weight excluding hydrogens is 268 g/mol. The zero-order chi connectivity index (χ0) is 15.4. The third-order valence-corrected chi connectivity index (χ3v) is 4.20. The summed E-state index contributed by atoms with van der Waals surface area (Å²) in [5, 5.41) is 4.80. The lowest BCUT2D eigenvalue weighted by Crippen LogP contribution is -2.18. The Bertz CT molecular complexity index is 742. The van der Waals surface area contributed by atoms with Crippen LogP contribution in [0.15, 0.2) is 60.8 Å². The molecular formula is C20H22N2. The topological polar surface area (TPSA) is 24.9 Å².